The summed E-state index contributed by atoms with van der Waals surface area (Å²) in [6.45, 7) is 3.22. The third-order valence-corrected chi connectivity index (χ3v) is 4.71. The summed E-state index contributed by atoms with van der Waals surface area (Å²) in [4.78, 5) is 33.5. The van der Waals surface area contributed by atoms with E-state index in [-0.39, 0.29) is 17.5 Å². The largest absolute Gasteiger partial charge is 0.349 e. The SMILES string of the molecule is Cc1cc(=O)[nH]c(N2CCC(NC(=O)c3cccc(-n4cnnn4)c3)CC2)n1. The Bertz CT molecular complexity index is 1020. The van der Waals surface area contributed by atoms with Crippen LogP contribution in [0.25, 0.3) is 5.69 Å². The molecule has 0 aliphatic carbocycles. The molecular formula is C18H20N8O2. The molecule has 2 N–H and O–H groups in total. The topological polar surface area (TPSA) is 122 Å². The molecule has 10 nitrogen and oxygen atoms in total. The molecule has 0 radical (unpaired) electrons. The lowest BCUT2D eigenvalue weighted by Gasteiger charge is -2.32. The van der Waals surface area contributed by atoms with E-state index in [1.54, 1.807) is 25.1 Å². The number of anilines is 1. The van der Waals surface area contributed by atoms with Crippen molar-refractivity contribution in [1.29, 1.82) is 0 Å². The number of aromatic nitrogens is 6. The molecule has 28 heavy (non-hydrogen) atoms. The number of tetrazole rings is 1. The van der Waals surface area contributed by atoms with E-state index in [4.69, 9.17) is 0 Å². The van der Waals surface area contributed by atoms with Crippen molar-refractivity contribution in [2.45, 2.75) is 25.8 Å². The Balaban J connectivity index is 1.38. The van der Waals surface area contributed by atoms with E-state index < -0.39 is 0 Å². The van der Waals surface area contributed by atoms with Crippen molar-refractivity contribution in [3.05, 3.63) is 58.3 Å². The highest BCUT2D eigenvalue weighted by Gasteiger charge is 2.22. The van der Waals surface area contributed by atoms with E-state index in [0.29, 0.717) is 30.3 Å². The van der Waals surface area contributed by atoms with Crippen LogP contribution >= 0.6 is 0 Å². The van der Waals surface area contributed by atoms with Gasteiger partial charge < -0.3 is 10.2 Å². The second-order valence-corrected chi connectivity index (χ2v) is 6.75. The van der Waals surface area contributed by atoms with Gasteiger partial charge in [-0.25, -0.2) is 9.67 Å². The summed E-state index contributed by atoms with van der Waals surface area (Å²) >= 11 is 0. The van der Waals surface area contributed by atoms with Crippen LogP contribution in [0.4, 0.5) is 5.95 Å². The normalized spacial score (nSPS) is 14.8. The molecule has 3 heterocycles. The highest BCUT2D eigenvalue weighted by Crippen LogP contribution is 2.16. The van der Waals surface area contributed by atoms with E-state index in [1.807, 2.05) is 11.0 Å². The van der Waals surface area contributed by atoms with Crippen LogP contribution in [0.3, 0.4) is 0 Å². The first-order valence-corrected chi connectivity index (χ1v) is 9.06. The molecule has 1 fully saturated rings. The Morgan fingerprint density at radius 1 is 1.25 bits per heavy atom. The number of nitrogens with zero attached hydrogens (tertiary/aromatic N) is 6. The Morgan fingerprint density at radius 2 is 2.07 bits per heavy atom. The number of carbonyl (C=O) groups excluding carboxylic acids is 1. The molecule has 0 unspecified atom stereocenters. The number of carbonyl (C=O) groups is 1. The lowest BCUT2D eigenvalue weighted by molar-refractivity contribution is 0.0931. The first-order chi connectivity index (χ1) is 13.6. The first kappa shape index (κ1) is 17.8. The Morgan fingerprint density at radius 3 is 2.79 bits per heavy atom. The summed E-state index contributed by atoms with van der Waals surface area (Å²) in [5.74, 6) is 0.458. The van der Waals surface area contributed by atoms with Crippen LogP contribution in [0.5, 0.6) is 0 Å². The molecule has 3 aromatic rings. The zero-order chi connectivity index (χ0) is 19.5. The summed E-state index contributed by atoms with van der Waals surface area (Å²) < 4.78 is 1.50. The third-order valence-electron chi connectivity index (χ3n) is 4.71. The number of aromatic amines is 1. The molecule has 1 saturated heterocycles. The summed E-state index contributed by atoms with van der Waals surface area (Å²) in [7, 11) is 0. The Hall–Kier alpha value is -3.56. The molecule has 1 aliphatic rings. The van der Waals surface area contributed by atoms with Gasteiger partial charge in [0.25, 0.3) is 11.5 Å². The van der Waals surface area contributed by atoms with E-state index in [1.165, 1.54) is 17.1 Å². The molecule has 1 aliphatic heterocycles. The lowest BCUT2D eigenvalue weighted by atomic mass is 10.0. The molecule has 1 aromatic carbocycles. The van der Waals surface area contributed by atoms with Gasteiger partial charge in [-0.3, -0.25) is 14.6 Å². The minimum absolute atomic E-state index is 0.0666. The highest BCUT2D eigenvalue weighted by molar-refractivity contribution is 5.94. The van der Waals surface area contributed by atoms with Crippen molar-refractivity contribution in [3.63, 3.8) is 0 Å². The number of aryl methyl sites for hydroxylation is 1. The van der Waals surface area contributed by atoms with E-state index in [0.717, 1.165) is 18.5 Å². The zero-order valence-electron chi connectivity index (χ0n) is 15.4. The Labute approximate surface area is 160 Å². The average molecular weight is 380 g/mol. The van der Waals surface area contributed by atoms with Crippen molar-refractivity contribution in [1.82, 2.24) is 35.5 Å². The minimum atomic E-state index is -0.152. The molecule has 10 heteroatoms. The maximum atomic E-state index is 12.6. The smallest absolute Gasteiger partial charge is 0.252 e. The number of benzene rings is 1. The van der Waals surface area contributed by atoms with Crippen LogP contribution in [0.15, 0.2) is 41.5 Å². The second kappa shape index (κ2) is 7.59. The maximum absolute atomic E-state index is 12.6. The fraction of sp³-hybridized carbons (Fsp3) is 0.333. The average Bonchev–Trinajstić information content (AvgIpc) is 3.23. The van der Waals surface area contributed by atoms with Gasteiger partial charge in [-0.05, 0) is 48.4 Å². The fourth-order valence-electron chi connectivity index (χ4n) is 3.29. The number of piperidine rings is 1. The van der Waals surface area contributed by atoms with Crippen molar-refractivity contribution in [3.8, 4) is 5.69 Å². The van der Waals surface area contributed by atoms with Gasteiger partial charge in [0.2, 0.25) is 5.95 Å². The first-order valence-electron chi connectivity index (χ1n) is 9.06. The van der Waals surface area contributed by atoms with Gasteiger partial charge in [-0.2, -0.15) is 0 Å². The summed E-state index contributed by atoms with van der Waals surface area (Å²) in [5.41, 5.74) is 1.82. The summed E-state index contributed by atoms with van der Waals surface area (Å²) in [6, 6.07) is 8.69. The van der Waals surface area contributed by atoms with Crippen molar-refractivity contribution < 1.29 is 4.79 Å². The molecule has 144 valence electrons. The molecule has 0 atom stereocenters. The van der Waals surface area contributed by atoms with Gasteiger partial charge in [-0.15, -0.1) is 5.10 Å². The molecule has 0 spiro atoms. The molecule has 0 bridgehead atoms. The molecule has 2 aromatic heterocycles. The zero-order valence-corrected chi connectivity index (χ0v) is 15.4. The van der Waals surface area contributed by atoms with Crippen molar-refractivity contribution in [2.75, 3.05) is 18.0 Å². The quantitative estimate of drug-likeness (QED) is 0.674. The predicted octanol–water partition coefficient (Wildman–Crippen LogP) is 0.453. The van der Waals surface area contributed by atoms with Crippen LogP contribution < -0.4 is 15.8 Å². The van der Waals surface area contributed by atoms with Gasteiger partial charge in [0.15, 0.2) is 0 Å². The third kappa shape index (κ3) is 3.90. The van der Waals surface area contributed by atoms with Crippen LogP contribution in [0.1, 0.15) is 28.9 Å². The van der Waals surface area contributed by atoms with Crippen LogP contribution in [-0.4, -0.2) is 55.2 Å². The van der Waals surface area contributed by atoms with Gasteiger partial charge >= 0.3 is 0 Å². The number of hydrogen-bond donors (Lipinski definition) is 2. The summed E-state index contributed by atoms with van der Waals surface area (Å²) in [5, 5.41) is 14.1. The van der Waals surface area contributed by atoms with Crippen LogP contribution in [-0.2, 0) is 0 Å². The second-order valence-electron chi connectivity index (χ2n) is 6.75. The van der Waals surface area contributed by atoms with E-state index in [9.17, 15) is 9.59 Å². The Kier molecular flexibility index (Phi) is 4.83. The number of H-pyrrole nitrogens is 1. The standard InChI is InChI=1S/C18H20N8O2/c1-12-9-16(27)22-18(20-12)25-7-5-14(6-8-25)21-17(28)13-3-2-4-15(10-13)26-11-19-23-24-26/h2-4,9-11,14H,5-8H2,1H3,(H,21,28)(H,20,22,27). The van der Waals surface area contributed by atoms with Crippen molar-refractivity contribution in [2.24, 2.45) is 0 Å². The fourth-order valence-corrected chi connectivity index (χ4v) is 3.29. The number of rotatable bonds is 4. The van der Waals surface area contributed by atoms with Crippen LogP contribution in [0.2, 0.25) is 0 Å². The molecule has 1 amide bonds. The summed E-state index contributed by atoms with van der Waals surface area (Å²) in [6.07, 6.45) is 3.03. The monoisotopic (exact) mass is 380 g/mol. The molecular weight excluding hydrogens is 360 g/mol. The minimum Gasteiger partial charge on any atom is -0.349 e. The van der Waals surface area contributed by atoms with Gasteiger partial charge in [0.1, 0.15) is 6.33 Å². The number of amides is 1. The maximum Gasteiger partial charge on any atom is 0.252 e. The van der Waals surface area contributed by atoms with Crippen LogP contribution in [0, 0.1) is 6.92 Å². The van der Waals surface area contributed by atoms with Gasteiger partial charge in [-0.1, -0.05) is 6.07 Å². The number of nitrogens with one attached hydrogen (secondary N) is 2. The van der Waals surface area contributed by atoms with E-state index in [2.05, 4.69) is 30.8 Å². The van der Waals surface area contributed by atoms with E-state index >= 15 is 0 Å². The van der Waals surface area contributed by atoms with Crippen molar-refractivity contribution >= 4 is 11.9 Å². The molecule has 0 saturated carbocycles. The van der Waals surface area contributed by atoms with Gasteiger partial charge in [0, 0.05) is 36.5 Å². The number of hydrogen-bond acceptors (Lipinski definition) is 7. The highest BCUT2D eigenvalue weighted by atomic mass is 16.1. The predicted molar refractivity (Wildman–Crippen MR) is 101 cm³/mol. The molecule has 4 rings (SSSR count). The van der Waals surface area contributed by atoms with Gasteiger partial charge in [0.05, 0.1) is 5.69 Å². The lowest BCUT2D eigenvalue weighted by Crippen LogP contribution is -2.45.